The van der Waals surface area contributed by atoms with Gasteiger partial charge in [0.05, 0.1) is 10.0 Å². The van der Waals surface area contributed by atoms with Crippen molar-refractivity contribution in [3.05, 3.63) is 40.0 Å². The molecule has 1 fully saturated rings. The lowest BCUT2D eigenvalue weighted by atomic mass is 10.2. The summed E-state index contributed by atoms with van der Waals surface area (Å²) in [5.74, 6) is -0.471. The largest absolute Gasteiger partial charge is 0.387 e. The minimum absolute atomic E-state index is 0.0352. The second kappa shape index (κ2) is 7.35. The van der Waals surface area contributed by atoms with Crippen molar-refractivity contribution in [2.24, 2.45) is 0 Å². The van der Waals surface area contributed by atoms with Crippen LogP contribution in [0.2, 0.25) is 10.0 Å². The van der Waals surface area contributed by atoms with Crippen LogP contribution in [0.1, 0.15) is 25.7 Å². The summed E-state index contributed by atoms with van der Waals surface area (Å²) >= 11 is 11.7. The number of benzene rings is 1. The van der Waals surface area contributed by atoms with Crippen molar-refractivity contribution in [2.75, 3.05) is 5.32 Å². The molecule has 2 rings (SSSR count). The molecular formula is C15H15Cl2N3O. The molecule has 4 nitrogen and oxygen atoms in total. The third-order valence-corrected chi connectivity index (χ3v) is 4.10. The molecular weight excluding hydrogens is 309 g/mol. The van der Waals surface area contributed by atoms with E-state index in [1.165, 1.54) is 19.0 Å². The SMILES string of the molecule is N#C/C(=C/NC1CCCC1)C(=O)Nc1ccc(Cl)c(Cl)c1. The van der Waals surface area contributed by atoms with Gasteiger partial charge < -0.3 is 10.6 Å². The van der Waals surface area contributed by atoms with E-state index in [1.807, 2.05) is 6.07 Å². The number of rotatable bonds is 4. The Morgan fingerprint density at radius 3 is 2.62 bits per heavy atom. The van der Waals surface area contributed by atoms with Crippen molar-refractivity contribution in [2.45, 2.75) is 31.7 Å². The number of hydrogen-bond acceptors (Lipinski definition) is 3. The Morgan fingerprint density at radius 2 is 2.00 bits per heavy atom. The number of carbonyl (C=O) groups excluding carboxylic acids is 1. The molecule has 0 radical (unpaired) electrons. The van der Waals surface area contributed by atoms with Gasteiger partial charge in [-0.3, -0.25) is 4.79 Å². The Balaban J connectivity index is 2.00. The van der Waals surface area contributed by atoms with Gasteiger partial charge >= 0.3 is 0 Å². The van der Waals surface area contributed by atoms with E-state index in [4.69, 9.17) is 28.5 Å². The lowest BCUT2D eigenvalue weighted by molar-refractivity contribution is -0.112. The molecule has 0 unspecified atom stereocenters. The predicted molar refractivity (Wildman–Crippen MR) is 84.2 cm³/mol. The van der Waals surface area contributed by atoms with Gasteiger partial charge in [0.25, 0.3) is 5.91 Å². The highest BCUT2D eigenvalue weighted by molar-refractivity contribution is 6.42. The first-order valence-corrected chi connectivity index (χ1v) is 7.48. The van der Waals surface area contributed by atoms with E-state index in [0.717, 1.165) is 12.8 Å². The highest BCUT2D eigenvalue weighted by atomic mass is 35.5. The average molecular weight is 324 g/mol. The summed E-state index contributed by atoms with van der Waals surface area (Å²) in [6, 6.07) is 7.02. The number of anilines is 1. The summed E-state index contributed by atoms with van der Waals surface area (Å²) < 4.78 is 0. The van der Waals surface area contributed by atoms with Crippen LogP contribution in [0, 0.1) is 11.3 Å². The number of carbonyl (C=O) groups is 1. The molecule has 0 spiro atoms. The maximum absolute atomic E-state index is 12.0. The Kier molecular flexibility index (Phi) is 5.49. The highest BCUT2D eigenvalue weighted by Gasteiger charge is 2.15. The number of nitrogens with one attached hydrogen (secondary N) is 2. The summed E-state index contributed by atoms with van der Waals surface area (Å²) in [5.41, 5.74) is 0.532. The zero-order valence-electron chi connectivity index (χ0n) is 11.3. The van der Waals surface area contributed by atoms with Gasteiger partial charge in [-0.05, 0) is 31.0 Å². The quantitative estimate of drug-likeness (QED) is 0.653. The van der Waals surface area contributed by atoms with Crippen LogP contribution in [0.3, 0.4) is 0 Å². The number of amides is 1. The molecule has 1 amide bonds. The maximum Gasteiger partial charge on any atom is 0.267 e. The van der Waals surface area contributed by atoms with Gasteiger partial charge in [0.1, 0.15) is 11.6 Å². The van der Waals surface area contributed by atoms with Gasteiger partial charge in [0, 0.05) is 17.9 Å². The normalized spacial score (nSPS) is 15.6. The Bertz CT molecular complexity index is 601. The zero-order valence-corrected chi connectivity index (χ0v) is 12.8. The van der Waals surface area contributed by atoms with Gasteiger partial charge in [-0.2, -0.15) is 5.26 Å². The van der Waals surface area contributed by atoms with Crippen molar-refractivity contribution >= 4 is 34.8 Å². The summed E-state index contributed by atoms with van der Waals surface area (Å²) in [6.45, 7) is 0. The molecule has 1 aromatic rings. The fraction of sp³-hybridized carbons (Fsp3) is 0.333. The van der Waals surface area contributed by atoms with E-state index < -0.39 is 5.91 Å². The first-order chi connectivity index (χ1) is 10.1. The first-order valence-electron chi connectivity index (χ1n) is 6.73. The molecule has 0 saturated heterocycles. The lowest BCUT2D eigenvalue weighted by Crippen LogP contribution is -2.23. The van der Waals surface area contributed by atoms with E-state index in [9.17, 15) is 4.79 Å². The molecule has 0 aliphatic heterocycles. The third-order valence-electron chi connectivity index (χ3n) is 3.36. The lowest BCUT2D eigenvalue weighted by Gasteiger charge is -2.10. The monoisotopic (exact) mass is 323 g/mol. The summed E-state index contributed by atoms with van der Waals surface area (Å²) in [5, 5.41) is 15.6. The van der Waals surface area contributed by atoms with Crippen LogP contribution in [-0.2, 0) is 4.79 Å². The molecule has 6 heteroatoms. The predicted octanol–water partition coefficient (Wildman–Crippen LogP) is 3.87. The fourth-order valence-corrected chi connectivity index (χ4v) is 2.51. The molecule has 1 aromatic carbocycles. The van der Waals surface area contributed by atoms with Gasteiger partial charge in [0.15, 0.2) is 0 Å². The minimum Gasteiger partial charge on any atom is -0.387 e. The van der Waals surface area contributed by atoms with Crippen LogP contribution in [0.5, 0.6) is 0 Å². The number of halogens is 2. The fourth-order valence-electron chi connectivity index (χ4n) is 2.21. The Morgan fingerprint density at radius 1 is 1.29 bits per heavy atom. The molecule has 0 aromatic heterocycles. The van der Waals surface area contributed by atoms with Gasteiger partial charge in [-0.1, -0.05) is 36.0 Å². The second-order valence-electron chi connectivity index (χ2n) is 4.90. The topological polar surface area (TPSA) is 64.9 Å². The molecule has 1 saturated carbocycles. The smallest absolute Gasteiger partial charge is 0.267 e. The molecule has 2 N–H and O–H groups in total. The van der Waals surface area contributed by atoms with Crippen molar-refractivity contribution in [1.29, 1.82) is 5.26 Å². The van der Waals surface area contributed by atoms with Crippen molar-refractivity contribution in [3.8, 4) is 6.07 Å². The molecule has 0 heterocycles. The standard InChI is InChI=1S/C15H15Cl2N3O/c16-13-6-5-12(7-14(13)17)20-15(21)10(8-18)9-19-11-3-1-2-4-11/h5-7,9,11,19H,1-4H2,(H,20,21)/b10-9-. The number of hydrogen-bond donors (Lipinski definition) is 2. The Hall–Kier alpha value is -1.70. The van der Waals surface area contributed by atoms with E-state index in [-0.39, 0.29) is 5.57 Å². The van der Waals surface area contributed by atoms with Crippen LogP contribution in [-0.4, -0.2) is 11.9 Å². The van der Waals surface area contributed by atoms with Crippen molar-refractivity contribution in [3.63, 3.8) is 0 Å². The molecule has 0 bridgehead atoms. The van der Waals surface area contributed by atoms with Gasteiger partial charge in [0.2, 0.25) is 0 Å². The Labute approximate surface area is 133 Å². The third kappa shape index (κ3) is 4.38. The van der Waals surface area contributed by atoms with Crippen molar-refractivity contribution < 1.29 is 4.79 Å². The van der Waals surface area contributed by atoms with Crippen LogP contribution >= 0.6 is 23.2 Å². The van der Waals surface area contributed by atoms with Crippen molar-refractivity contribution in [1.82, 2.24) is 5.32 Å². The minimum atomic E-state index is -0.471. The molecule has 1 aliphatic rings. The van der Waals surface area contributed by atoms with Gasteiger partial charge in [-0.15, -0.1) is 0 Å². The first kappa shape index (κ1) is 15.7. The highest BCUT2D eigenvalue weighted by Crippen LogP contribution is 2.25. The van der Waals surface area contributed by atoms with Crippen LogP contribution in [0.25, 0.3) is 0 Å². The average Bonchev–Trinajstić information content (AvgIpc) is 2.97. The molecule has 110 valence electrons. The molecule has 1 aliphatic carbocycles. The number of nitriles is 1. The maximum atomic E-state index is 12.0. The molecule has 21 heavy (non-hydrogen) atoms. The van der Waals surface area contributed by atoms with E-state index in [0.29, 0.717) is 21.8 Å². The van der Waals surface area contributed by atoms with E-state index in [1.54, 1.807) is 18.2 Å². The molecule has 0 atom stereocenters. The summed E-state index contributed by atoms with van der Waals surface area (Å²) in [7, 11) is 0. The second-order valence-corrected chi connectivity index (χ2v) is 5.72. The van der Waals surface area contributed by atoms with E-state index >= 15 is 0 Å². The summed E-state index contributed by atoms with van der Waals surface area (Å²) in [6.07, 6.45) is 6.00. The van der Waals surface area contributed by atoms with Crippen LogP contribution in [0.4, 0.5) is 5.69 Å². The van der Waals surface area contributed by atoms with E-state index in [2.05, 4.69) is 10.6 Å². The van der Waals surface area contributed by atoms with Gasteiger partial charge in [-0.25, -0.2) is 0 Å². The summed E-state index contributed by atoms with van der Waals surface area (Å²) in [4.78, 5) is 12.0. The van der Waals surface area contributed by atoms with Crippen LogP contribution < -0.4 is 10.6 Å². The zero-order chi connectivity index (χ0) is 15.2. The van der Waals surface area contributed by atoms with Crippen LogP contribution in [0.15, 0.2) is 30.0 Å². The number of nitrogens with zero attached hydrogens (tertiary/aromatic N) is 1.